The van der Waals surface area contributed by atoms with Gasteiger partial charge in [-0.2, -0.15) is 5.10 Å². The summed E-state index contributed by atoms with van der Waals surface area (Å²) in [6.07, 6.45) is 0.513. The highest BCUT2D eigenvalue weighted by Crippen LogP contribution is 2.21. The van der Waals surface area contributed by atoms with Gasteiger partial charge < -0.3 is 9.64 Å². The summed E-state index contributed by atoms with van der Waals surface area (Å²) in [6.45, 7) is 5.40. The number of amides is 1. The molecule has 1 aliphatic rings. The monoisotopic (exact) mass is 307 g/mol. The van der Waals surface area contributed by atoms with Crippen LogP contribution < -0.4 is 0 Å². The highest BCUT2D eigenvalue weighted by molar-refractivity contribution is 7.09. The van der Waals surface area contributed by atoms with E-state index in [-0.39, 0.29) is 12.0 Å². The highest BCUT2D eigenvalue weighted by Gasteiger charge is 2.29. The lowest BCUT2D eigenvalue weighted by atomic mass is 10.2. The molecule has 112 valence electrons. The number of nitrogens with one attached hydrogen (secondary N) is 1. The average Bonchev–Trinajstić information content (AvgIpc) is 3.15. The van der Waals surface area contributed by atoms with Crippen LogP contribution in [0.4, 0.5) is 0 Å². The van der Waals surface area contributed by atoms with Gasteiger partial charge in [-0.3, -0.25) is 9.89 Å². The normalized spacial score (nSPS) is 19.0. The number of hydrogen-bond donors (Lipinski definition) is 1. The lowest BCUT2D eigenvalue weighted by molar-refractivity contribution is -0.0268. The summed E-state index contributed by atoms with van der Waals surface area (Å²) in [7, 11) is 0. The number of aromatic nitrogens is 4. The van der Waals surface area contributed by atoms with Gasteiger partial charge in [0.2, 0.25) is 0 Å². The predicted molar refractivity (Wildman–Crippen MR) is 77.2 cm³/mol. The number of hydrogen-bond acceptors (Lipinski definition) is 6. The van der Waals surface area contributed by atoms with Crippen molar-refractivity contribution in [3.63, 3.8) is 0 Å². The molecule has 1 amide bonds. The topological polar surface area (TPSA) is 84.0 Å². The molecule has 0 aromatic carbocycles. The minimum atomic E-state index is -0.279. The van der Waals surface area contributed by atoms with Crippen LogP contribution >= 0.6 is 11.3 Å². The Labute approximate surface area is 126 Å². The van der Waals surface area contributed by atoms with Crippen molar-refractivity contribution in [3.05, 3.63) is 27.7 Å². The summed E-state index contributed by atoms with van der Waals surface area (Å²) in [4.78, 5) is 22.8. The van der Waals surface area contributed by atoms with Gasteiger partial charge in [-0.15, -0.1) is 11.3 Å². The first-order chi connectivity index (χ1) is 10.2. The van der Waals surface area contributed by atoms with Gasteiger partial charge in [-0.1, -0.05) is 6.92 Å². The van der Waals surface area contributed by atoms with Gasteiger partial charge in [0.05, 0.1) is 18.2 Å². The number of H-pyrrole nitrogens is 1. The zero-order valence-electron chi connectivity index (χ0n) is 12.0. The Morgan fingerprint density at radius 1 is 1.57 bits per heavy atom. The van der Waals surface area contributed by atoms with Crippen molar-refractivity contribution in [3.8, 4) is 0 Å². The first kappa shape index (κ1) is 14.2. The van der Waals surface area contributed by atoms with Gasteiger partial charge in [0.1, 0.15) is 17.6 Å². The Balaban J connectivity index is 1.72. The molecule has 1 atom stereocenters. The molecule has 1 aliphatic heterocycles. The molecule has 2 aromatic heterocycles. The molecule has 2 aromatic rings. The number of ether oxygens (including phenoxy) is 1. The van der Waals surface area contributed by atoms with Crippen molar-refractivity contribution in [1.82, 2.24) is 25.1 Å². The van der Waals surface area contributed by atoms with E-state index in [2.05, 4.69) is 20.2 Å². The zero-order chi connectivity index (χ0) is 14.8. The number of aryl methyl sites for hydroxylation is 2. The smallest absolute Gasteiger partial charge is 0.273 e. The third kappa shape index (κ3) is 2.96. The SMILES string of the molecule is CCc1nc(C2CN(C(=O)c3csc(C)n3)CCO2)n[nH]1. The van der Waals surface area contributed by atoms with Crippen LogP contribution in [-0.2, 0) is 11.2 Å². The van der Waals surface area contributed by atoms with Crippen LogP contribution in [0.25, 0.3) is 0 Å². The fraction of sp³-hybridized carbons (Fsp3) is 0.538. The molecule has 1 unspecified atom stereocenters. The van der Waals surface area contributed by atoms with E-state index in [0.717, 1.165) is 17.3 Å². The molecule has 8 heteroatoms. The van der Waals surface area contributed by atoms with Crippen molar-refractivity contribution in [2.24, 2.45) is 0 Å². The van der Waals surface area contributed by atoms with E-state index in [0.29, 0.717) is 31.2 Å². The van der Waals surface area contributed by atoms with Crippen LogP contribution in [0.2, 0.25) is 0 Å². The van der Waals surface area contributed by atoms with Crippen LogP contribution in [0.5, 0.6) is 0 Å². The first-order valence-electron chi connectivity index (χ1n) is 6.91. The Morgan fingerprint density at radius 2 is 2.43 bits per heavy atom. The standard InChI is InChI=1S/C13H17N5O2S/c1-3-11-15-12(17-16-11)10-6-18(4-5-20-10)13(19)9-7-21-8(2)14-9/h7,10H,3-6H2,1-2H3,(H,15,16,17). The number of carbonyl (C=O) groups is 1. The molecule has 0 aliphatic carbocycles. The maximum absolute atomic E-state index is 12.4. The van der Waals surface area contributed by atoms with Gasteiger partial charge in [0.25, 0.3) is 5.91 Å². The third-order valence-corrected chi connectivity index (χ3v) is 4.14. The van der Waals surface area contributed by atoms with Crippen LogP contribution in [0.15, 0.2) is 5.38 Å². The number of morpholine rings is 1. The molecule has 3 heterocycles. The number of nitrogens with zero attached hydrogens (tertiary/aromatic N) is 4. The third-order valence-electron chi connectivity index (χ3n) is 3.36. The van der Waals surface area contributed by atoms with Crippen molar-refractivity contribution in [1.29, 1.82) is 0 Å². The summed E-state index contributed by atoms with van der Waals surface area (Å²) >= 11 is 1.48. The molecule has 7 nitrogen and oxygen atoms in total. The molecule has 0 radical (unpaired) electrons. The van der Waals surface area contributed by atoms with Crippen molar-refractivity contribution in [2.75, 3.05) is 19.7 Å². The summed E-state index contributed by atoms with van der Waals surface area (Å²) in [5.41, 5.74) is 0.502. The quantitative estimate of drug-likeness (QED) is 0.925. The fourth-order valence-electron chi connectivity index (χ4n) is 2.23. The van der Waals surface area contributed by atoms with E-state index in [1.54, 1.807) is 10.3 Å². The highest BCUT2D eigenvalue weighted by atomic mass is 32.1. The Hall–Kier alpha value is -1.80. The van der Waals surface area contributed by atoms with E-state index in [1.807, 2.05) is 13.8 Å². The maximum atomic E-state index is 12.4. The Morgan fingerprint density at radius 3 is 3.10 bits per heavy atom. The number of rotatable bonds is 3. The van der Waals surface area contributed by atoms with Crippen LogP contribution in [0.1, 0.15) is 40.2 Å². The summed E-state index contributed by atoms with van der Waals surface area (Å²) < 4.78 is 5.69. The molecular formula is C13H17N5O2S. The molecular weight excluding hydrogens is 290 g/mol. The molecule has 1 fully saturated rings. The van der Waals surface area contributed by atoms with Gasteiger partial charge in [-0.05, 0) is 6.92 Å². The second-order valence-electron chi connectivity index (χ2n) is 4.86. The Bertz CT molecular complexity index is 638. The molecule has 21 heavy (non-hydrogen) atoms. The molecule has 0 saturated carbocycles. The minimum Gasteiger partial charge on any atom is -0.366 e. The number of thiazole rings is 1. The van der Waals surface area contributed by atoms with Crippen LogP contribution in [-0.4, -0.2) is 50.7 Å². The van der Waals surface area contributed by atoms with E-state index in [1.165, 1.54) is 11.3 Å². The van der Waals surface area contributed by atoms with Crippen LogP contribution in [0.3, 0.4) is 0 Å². The average molecular weight is 307 g/mol. The maximum Gasteiger partial charge on any atom is 0.273 e. The molecule has 1 N–H and O–H groups in total. The predicted octanol–water partition coefficient (Wildman–Crippen LogP) is 1.35. The number of aromatic amines is 1. The van der Waals surface area contributed by atoms with Gasteiger partial charge >= 0.3 is 0 Å². The lowest BCUT2D eigenvalue weighted by Gasteiger charge is -2.31. The Kier molecular flexibility index (Phi) is 3.98. The summed E-state index contributed by atoms with van der Waals surface area (Å²) in [6, 6.07) is 0. The largest absolute Gasteiger partial charge is 0.366 e. The summed E-state index contributed by atoms with van der Waals surface area (Å²) in [5, 5.41) is 9.73. The fourth-order valence-corrected chi connectivity index (χ4v) is 2.81. The van der Waals surface area contributed by atoms with E-state index in [4.69, 9.17) is 4.74 Å². The first-order valence-corrected chi connectivity index (χ1v) is 7.79. The van der Waals surface area contributed by atoms with Crippen LogP contribution in [0, 0.1) is 6.92 Å². The molecule has 0 spiro atoms. The summed E-state index contributed by atoms with van der Waals surface area (Å²) in [5.74, 6) is 1.38. The van der Waals surface area contributed by atoms with Crippen molar-refractivity contribution >= 4 is 17.2 Å². The second-order valence-corrected chi connectivity index (χ2v) is 5.92. The number of carbonyl (C=O) groups excluding carboxylic acids is 1. The van der Waals surface area contributed by atoms with Crippen molar-refractivity contribution in [2.45, 2.75) is 26.4 Å². The molecule has 1 saturated heterocycles. The molecule has 3 rings (SSSR count). The van der Waals surface area contributed by atoms with Gasteiger partial charge in [0.15, 0.2) is 5.82 Å². The van der Waals surface area contributed by atoms with E-state index < -0.39 is 0 Å². The van der Waals surface area contributed by atoms with E-state index >= 15 is 0 Å². The van der Waals surface area contributed by atoms with Gasteiger partial charge in [0, 0.05) is 18.3 Å². The minimum absolute atomic E-state index is 0.0566. The zero-order valence-corrected chi connectivity index (χ0v) is 12.8. The molecule has 0 bridgehead atoms. The van der Waals surface area contributed by atoms with Crippen molar-refractivity contribution < 1.29 is 9.53 Å². The second kappa shape index (κ2) is 5.90. The lowest BCUT2D eigenvalue weighted by Crippen LogP contribution is -2.42. The van der Waals surface area contributed by atoms with E-state index in [9.17, 15) is 4.79 Å². The van der Waals surface area contributed by atoms with Gasteiger partial charge in [-0.25, -0.2) is 9.97 Å².